The van der Waals surface area contributed by atoms with Gasteiger partial charge in [0.1, 0.15) is 11.5 Å². The first kappa shape index (κ1) is 19.7. The highest BCUT2D eigenvalue weighted by Gasteiger charge is 2.15. The Morgan fingerprint density at radius 2 is 1.68 bits per heavy atom. The third kappa shape index (κ3) is 5.03. The second kappa shape index (κ2) is 9.79. The van der Waals surface area contributed by atoms with Crippen LogP contribution in [0.3, 0.4) is 0 Å². The van der Waals surface area contributed by atoms with Gasteiger partial charge in [-0.25, -0.2) is 0 Å². The van der Waals surface area contributed by atoms with E-state index in [4.69, 9.17) is 9.47 Å². The molecule has 0 radical (unpaired) electrons. The SMILES string of the molecule is CCOc1ccccc1CCCNC(=O)C(C)Oc1cccc2ccccc12. The summed E-state index contributed by atoms with van der Waals surface area (Å²) >= 11 is 0. The van der Waals surface area contributed by atoms with E-state index >= 15 is 0 Å². The van der Waals surface area contributed by atoms with E-state index in [0.717, 1.165) is 35.1 Å². The molecule has 0 aliphatic carbocycles. The number of hydrogen-bond acceptors (Lipinski definition) is 3. The van der Waals surface area contributed by atoms with E-state index in [2.05, 4.69) is 11.4 Å². The van der Waals surface area contributed by atoms with Crippen molar-refractivity contribution < 1.29 is 14.3 Å². The molecule has 0 spiro atoms. The summed E-state index contributed by atoms with van der Waals surface area (Å²) in [4.78, 5) is 12.4. The van der Waals surface area contributed by atoms with Gasteiger partial charge in [-0.15, -0.1) is 0 Å². The third-order valence-electron chi connectivity index (χ3n) is 4.62. The number of ether oxygens (including phenoxy) is 2. The number of amides is 1. The Morgan fingerprint density at radius 3 is 2.54 bits per heavy atom. The summed E-state index contributed by atoms with van der Waals surface area (Å²) in [6.45, 7) is 5.01. The van der Waals surface area contributed by atoms with Gasteiger partial charge in [0.15, 0.2) is 6.10 Å². The summed E-state index contributed by atoms with van der Waals surface area (Å²) in [7, 11) is 0. The number of fused-ring (bicyclic) bond motifs is 1. The summed E-state index contributed by atoms with van der Waals surface area (Å²) in [5.41, 5.74) is 1.17. The quantitative estimate of drug-likeness (QED) is 0.547. The normalized spacial score (nSPS) is 11.8. The van der Waals surface area contributed by atoms with Gasteiger partial charge in [-0.3, -0.25) is 4.79 Å². The second-order valence-corrected chi connectivity index (χ2v) is 6.67. The van der Waals surface area contributed by atoms with Crippen LogP contribution in [0.15, 0.2) is 66.7 Å². The first-order valence-corrected chi connectivity index (χ1v) is 9.82. The van der Waals surface area contributed by atoms with Crippen molar-refractivity contribution in [3.8, 4) is 11.5 Å². The zero-order valence-corrected chi connectivity index (χ0v) is 16.5. The van der Waals surface area contributed by atoms with Crippen LogP contribution in [0.2, 0.25) is 0 Å². The molecule has 0 aliphatic heterocycles. The van der Waals surface area contributed by atoms with Gasteiger partial charge in [-0.2, -0.15) is 0 Å². The van der Waals surface area contributed by atoms with Crippen molar-refractivity contribution in [1.82, 2.24) is 5.32 Å². The minimum atomic E-state index is -0.554. The lowest BCUT2D eigenvalue weighted by molar-refractivity contribution is -0.127. The number of nitrogens with one attached hydrogen (secondary N) is 1. The molecule has 3 aromatic rings. The Labute approximate surface area is 166 Å². The van der Waals surface area contributed by atoms with Gasteiger partial charge < -0.3 is 14.8 Å². The second-order valence-electron chi connectivity index (χ2n) is 6.67. The maximum absolute atomic E-state index is 12.4. The van der Waals surface area contributed by atoms with Crippen LogP contribution >= 0.6 is 0 Å². The molecule has 28 heavy (non-hydrogen) atoms. The summed E-state index contributed by atoms with van der Waals surface area (Å²) in [6, 6.07) is 21.9. The number of rotatable bonds is 9. The average Bonchev–Trinajstić information content (AvgIpc) is 2.72. The van der Waals surface area contributed by atoms with E-state index < -0.39 is 6.10 Å². The van der Waals surface area contributed by atoms with Gasteiger partial charge >= 0.3 is 0 Å². The molecule has 3 aromatic carbocycles. The van der Waals surface area contributed by atoms with Crippen LogP contribution in [-0.2, 0) is 11.2 Å². The topological polar surface area (TPSA) is 47.6 Å². The Kier molecular flexibility index (Phi) is 6.90. The largest absolute Gasteiger partial charge is 0.494 e. The molecule has 1 unspecified atom stereocenters. The highest BCUT2D eigenvalue weighted by atomic mass is 16.5. The molecule has 4 heteroatoms. The number of carbonyl (C=O) groups is 1. The molecule has 1 atom stereocenters. The van der Waals surface area contributed by atoms with Crippen molar-refractivity contribution in [1.29, 1.82) is 0 Å². The molecule has 0 heterocycles. The van der Waals surface area contributed by atoms with Crippen molar-refractivity contribution in [3.63, 3.8) is 0 Å². The van der Waals surface area contributed by atoms with E-state index in [1.54, 1.807) is 6.92 Å². The van der Waals surface area contributed by atoms with Gasteiger partial charge in [-0.05, 0) is 49.8 Å². The standard InChI is InChI=1S/C24H27NO3/c1-3-27-22-15-7-5-11-20(22)13-9-17-25-24(26)18(2)28-23-16-8-12-19-10-4-6-14-21(19)23/h4-8,10-12,14-16,18H,3,9,13,17H2,1-2H3,(H,25,26). The van der Waals surface area contributed by atoms with E-state index in [9.17, 15) is 4.79 Å². The molecule has 146 valence electrons. The van der Waals surface area contributed by atoms with Gasteiger partial charge in [0.25, 0.3) is 5.91 Å². The van der Waals surface area contributed by atoms with Crippen LogP contribution in [0.1, 0.15) is 25.8 Å². The lowest BCUT2D eigenvalue weighted by Crippen LogP contribution is -2.37. The third-order valence-corrected chi connectivity index (χ3v) is 4.62. The van der Waals surface area contributed by atoms with Crippen molar-refractivity contribution >= 4 is 16.7 Å². The maximum atomic E-state index is 12.4. The van der Waals surface area contributed by atoms with Crippen LogP contribution in [0.25, 0.3) is 10.8 Å². The van der Waals surface area contributed by atoms with Gasteiger partial charge in [0, 0.05) is 11.9 Å². The van der Waals surface area contributed by atoms with Crippen LogP contribution in [-0.4, -0.2) is 25.2 Å². The highest BCUT2D eigenvalue weighted by molar-refractivity contribution is 5.89. The Bertz CT molecular complexity index is 917. The van der Waals surface area contributed by atoms with Crippen molar-refractivity contribution in [2.24, 2.45) is 0 Å². The fraction of sp³-hybridized carbons (Fsp3) is 0.292. The fourth-order valence-electron chi connectivity index (χ4n) is 3.18. The van der Waals surface area contributed by atoms with Crippen molar-refractivity contribution in [2.75, 3.05) is 13.2 Å². The molecule has 0 bridgehead atoms. The van der Waals surface area contributed by atoms with E-state index in [-0.39, 0.29) is 5.91 Å². The average molecular weight is 377 g/mol. The zero-order valence-electron chi connectivity index (χ0n) is 16.5. The molecule has 0 aromatic heterocycles. The van der Waals surface area contributed by atoms with Crippen molar-refractivity contribution in [3.05, 3.63) is 72.3 Å². The minimum Gasteiger partial charge on any atom is -0.494 e. The van der Waals surface area contributed by atoms with Crippen molar-refractivity contribution in [2.45, 2.75) is 32.8 Å². The molecule has 0 fully saturated rings. The lowest BCUT2D eigenvalue weighted by Gasteiger charge is -2.16. The van der Waals surface area contributed by atoms with Crippen LogP contribution in [0.5, 0.6) is 11.5 Å². The molecule has 0 saturated heterocycles. The monoisotopic (exact) mass is 377 g/mol. The number of hydrogen-bond donors (Lipinski definition) is 1. The Hall–Kier alpha value is -3.01. The number of carbonyl (C=O) groups excluding carboxylic acids is 1. The predicted molar refractivity (Wildman–Crippen MR) is 113 cm³/mol. The number of benzene rings is 3. The van der Waals surface area contributed by atoms with E-state index in [1.807, 2.05) is 67.6 Å². The van der Waals surface area contributed by atoms with Crippen LogP contribution < -0.4 is 14.8 Å². The minimum absolute atomic E-state index is 0.106. The molecule has 4 nitrogen and oxygen atoms in total. The fourth-order valence-corrected chi connectivity index (χ4v) is 3.18. The Morgan fingerprint density at radius 1 is 0.964 bits per heavy atom. The van der Waals surface area contributed by atoms with Crippen LogP contribution in [0.4, 0.5) is 0 Å². The molecule has 1 N–H and O–H groups in total. The number of para-hydroxylation sites is 1. The maximum Gasteiger partial charge on any atom is 0.260 e. The number of aryl methyl sites for hydroxylation is 1. The molecule has 3 rings (SSSR count). The van der Waals surface area contributed by atoms with Gasteiger partial charge in [-0.1, -0.05) is 54.6 Å². The molecule has 1 amide bonds. The predicted octanol–water partition coefficient (Wildman–Crippen LogP) is 4.75. The van der Waals surface area contributed by atoms with E-state index in [0.29, 0.717) is 13.2 Å². The molecule has 0 saturated carbocycles. The van der Waals surface area contributed by atoms with E-state index in [1.165, 1.54) is 5.56 Å². The zero-order chi connectivity index (χ0) is 19.8. The lowest BCUT2D eigenvalue weighted by atomic mass is 10.1. The molecular formula is C24H27NO3. The first-order chi connectivity index (χ1) is 13.7. The summed E-state index contributed by atoms with van der Waals surface area (Å²) in [5.74, 6) is 1.54. The summed E-state index contributed by atoms with van der Waals surface area (Å²) in [5, 5.41) is 5.08. The highest BCUT2D eigenvalue weighted by Crippen LogP contribution is 2.26. The van der Waals surface area contributed by atoms with Crippen LogP contribution in [0, 0.1) is 0 Å². The molecular weight excluding hydrogens is 350 g/mol. The molecule has 0 aliphatic rings. The van der Waals surface area contributed by atoms with Gasteiger partial charge in [0.2, 0.25) is 0 Å². The van der Waals surface area contributed by atoms with Gasteiger partial charge in [0.05, 0.1) is 6.61 Å². The smallest absolute Gasteiger partial charge is 0.260 e. The Balaban J connectivity index is 1.50. The first-order valence-electron chi connectivity index (χ1n) is 9.82. The summed E-state index contributed by atoms with van der Waals surface area (Å²) < 4.78 is 11.6. The summed E-state index contributed by atoms with van der Waals surface area (Å²) in [6.07, 6.45) is 1.15.